The van der Waals surface area contributed by atoms with Gasteiger partial charge in [0.2, 0.25) is 0 Å². The number of hydrogen-bond acceptors (Lipinski definition) is 5. The summed E-state index contributed by atoms with van der Waals surface area (Å²) in [4.78, 5) is 4.55. The predicted octanol–water partition coefficient (Wildman–Crippen LogP) is 3.82. The first-order valence-corrected chi connectivity index (χ1v) is 9.73. The fourth-order valence-electron chi connectivity index (χ4n) is 3.16. The number of para-hydroxylation sites is 2. The van der Waals surface area contributed by atoms with Gasteiger partial charge < -0.3 is 19.9 Å². The summed E-state index contributed by atoms with van der Waals surface area (Å²) in [6.45, 7) is 3.54. The topological polar surface area (TPSA) is 40.6 Å². The second kappa shape index (κ2) is 7.47. The second-order valence-corrected chi connectivity index (χ2v) is 7.30. The summed E-state index contributed by atoms with van der Waals surface area (Å²) in [5.41, 5.74) is 0.896. The van der Waals surface area contributed by atoms with E-state index in [0.29, 0.717) is 0 Å². The molecule has 1 fully saturated rings. The van der Waals surface area contributed by atoms with Crippen LogP contribution in [-0.4, -0.2) is 47.7 Å². The quantitative estimate of drug-likeness (QED) is 0.692. The van der Waals surface area contributed by atoms with Gasteiger partial charge in [-0.15, -0.1) is 0 Å². The van der Waals surface area contributed by atoms with E-state index in [0.717, 1.165) is 48.5 Å². The van der Waals surface area contributed by atoms with Crippen LogP contribution in [-0.2, 0) is 0 Å². The van der Waals surface area contributed by atoms with Crippen LogP contribution < -0.4 is 15.0 Å². The Hall–Kier alpha value is -2.38. The molecule has 4 rings (SSSR count). The zero-order chi connectivity index (χ0) is 17.9. The van der Waals surface area contributed by atoms with E-state index in [2.05, 4.69) is 43.8 Å². The molecule has 1 aliphatic rings. The smallest absolute Gasteiger partial charge is 0.173 e. The zero-order valence-corrected chi connectivity index (χ0v) is 16.1. The number of piperazine rings is 1. The molecule has 1 aliphatic heterocycles. The molecule has 0 radical (unpaired) electrons. The van der Waals surface area contributed by atoms with E-state index in [1.165, 1.54) is 10.1 Å². The fourth-order valence-corrected chi connectivity index (χ4v) is 4.25. The number of fused-ring (bicyclic) bond motifs is 1. The van der Waals surface area contributed by atoms with Crippen LogP contribution in [0.2, 0.25) is 0 Å². The molecule has 0 bridgehead atoms. The molecular weight excluding hydrogens is 364 g/mol. The second-order valence-electron chi connectivity index (χ2n) is 6.11. The number of hydrogen-bond donors (Lipinski definition) is 1. The third-order valence-corrected chi connectivity index (χ3v) is 5.75. The van der Waals surface area contributed by atoms with E-state index in [4.69, 9.17) is 17.0 Å². The molecule has 3 aromatic rings. The first-order valence-electron chi connectivity index (χ1n) is 8.54. The Morgan fingerprint density at radius 1 is 1.08 bits per heavy atom. The number of nitrogens with one attached hydrogen (secondary N) is 1. The van der Waals surface area contributed by atoms with Crippen molar-refractivity contribution in [3.05, 3.63) is 48.5 Å². The van der Waals surface area contributed by atoms with Crippen molar-refractivity contribution >= 4 is 50.5 Å². The third kappa shape index (κ3) is 3.32. The monoisotopic (exact) mass is 384 g/mol. The average Bonchev–Trinajstić information content (AvgIpc) is 3.12. The summed E-state index contributed by atoms with van der Waals surface area (Å²) < 4.78 is 11.3. The fraction of sp³-hybridized carbons (Fsp3) is 0.263. The van der Waals surface area contributed by atoms with Gasteiger partial charge in [0.1, 0.15) is 11.6 Å². The van der Waals surface area contributed by atoms with Gasteiger partial charge >= 0.3 is 0 Å². The molecule has 5 nitrogen and oxygen atoms in total. The maximum Gasteiger partial charge on any atom is 0.173 e. The number of methoxy groups -OCH3 is 1. The molecule has 1 saturated heterocycles. The highest BCUT2D eigenvalue weighted by Crippen LogP contribution is 2.30. The normalized spacial score (nSPS) is 14.5. The predicted molar refractivity (Wildman–Crippen MR) is 113 cm³/mol. The van der Waals surface area contributed by atoms with Gasteiger partial charge in [0.05, 0.1) is 17.5 Å². The molecule has 0 amide bonds. The van der Waals surface area contributed by atoms with Crippen LogP contribution in [0.25, 0.3) is 10.1 Å². The minimum absolute atomic E-state index is 0.734. The highest BCUT2D eigenvalue weighted by Gasteiger charge is 2.22. The van der Waals surface area contributed by atoms with Crippen LogP contribution >= 0.6 is 23.8 Å². The number of rotatable bonds is 3. The Labute approximate surface area is 162 Å². The molecule has 134 valence electrons. The Morgan fingerprint density at radius 3 is 2.62 bits per heavy atom. The Morgan fingerprint density at radius 2 is 1.81 bits per heavy atom. The molecule has 1 aromatic heterocycles. The Balaban J connectivity index is 1.41. The summed E-state index contributed by atoms with van der Waals surface area (Å²) in [6.07, 6.45) is 0. The maximum absolute atomic E-state index is 5.61. The van der Waals surface area contributed by atoms with Crippen molar-refractivity contribution in [2.45, 2.75) is 0 Å². The lowest BCUT2D eigenvalue weighted by atomic mass is 10.2. The summed E-state index contributed by atoms with van der Waals surface area (Å²) in [5.74, 6) is 1.89. The first-order chi connectivity index (χ1) is 12.8. The molecule has 0 saturated carbocycles. The van der Waals surface area contributed by atoms with Crippen molar-refractivity contribution in [2.75, 3.05) is 43.5 Å². The third-order valence-electron chi connectivity index (χ3n) is 4.57. The molecular formula is C19H20N4OS2. The van der Waals surface area contributed by atoms with Gasteiger partial charge in [-0.3, -0.25) is 0 Å². The van der Waals surface area contributed by atoms with Crippen LogP contribution in [0.3, 0.4) is 0 Å². The summed E-state index contributed by atoms with van der Waals surface area (Å²) in [7, 11) is 1.67. The molecule has 0 atom stereocenters. The van der Waals surface area contributed by atoms with Gasteiger partial charge in [-0.25, -0.2) is 0 Å². The van der Waals surface area contributed by atoms with Crippen LogP contribution in [0.5, 0.6) is 5.75 Å². The van der Waals surface area contributed by atoms with Crippen molar-refractivity contribution in [2.24, 2.45) is 0 Å². The lowest BCUT2D eigenvalue weighted by molar-refractivity contribution is 0.389. The number of benzene rings is 2. The van der Waals surface area contributed by atoms with Crippen LogP contribution in [0.4, 0.5) is 11.5 Å². The van der Waals surface area contributed by atoms with Crippen LogP contribution in [0, 0.1) is 0 Å². The van der Waals surface area contributed by atoms with E-state index in [9.17, 15) is 0 Å². The van der Waals surface area contributed by atoms with Crippen molar-refractivity contribution < 1.29 is 4.74 Å². The van der Waals surface area contributed by atoms with Gasteiger partial charge in [-0.1, -0.05) is 24.3 Å². The Bertz CT molecular complexity index is 919. The largest absolute Gasteiger partial charge is 0.495 e. The minimum Gasteiger partial charge on any atom is -0.495 e. The van der Waals surface area contributed by atoms with Gasteiger partial charge in [-0.2, -0.15) is 4.37 Å². The SMILES string of the molecule is COc1ccccc1NC(=S)N1CCN(c2nsc3ccccc23)CC1. The summed E-state index contributed by atoms with van der Waals surface area (Å²) >= 11 is 7.17. The molecule has 2 heterocycles. The van der Waals surface area contributed by atoms with E-state index in [1.807, 2.05) is 24.3 Å². The van der Waals surface area contributed by atoms with E-state index >= 15 is 0 Å². The molecule has 7 heteroatoms. The van der Waals surface area contributed by atoms with E-state index in [-0.39, 0.29) is 0 Å². The van der Waals surface area contributed by atoms with Gasteiger partial charge in [-0.05, 0) is 48.0 Å². The van der Waals surface area contributed by atoms with Gasteiger partial charge in [0, 0.05) is 31.6 Å². The highest BCUT2D eigenvalue weighted by molar-refractivity contribution is 7.80. The van der Waals surface area contributed by atoms with E-state index < -0.39 is 0 Å². The summed E-state index contributed by atoms with van der Waals surface area (Å²) in [5, 5.41) is 5.28. The molecule has 2 aromatic carbocycles. The first kappa shape index (κ1) is 17.1. The highest BCUT2D eigenvalue weighted by atomic mass is 32.1. The van der Waals surface area contributed by atoms with Gasteiger partial charge in [0.15, 0.2) is 5.11 Å². The molecule has 0 spiro atoms. The van der Waals surface area contributed by atoms with Crippen molar-refractivity contribution in [1.82, 2.24) is 9.27 Å². The standard InChI is InChI=1S/C19H20N4OS2/c1-24-16-8-4-3-7-15(16)20-19(25)23-12-10-22(11-13-23)18-14-6-2-5-9-17(14)26-21-18/h2-9H,10-13H2,1H3,(H,20,25). The van der Waals surface area contributed by atoms with Crippen molar-refractivity contribution in [3.63, 3.8) is 0 Å². The minimum atomic E-state index is 0.734. The summed E-state index contributed by atoms with van der Waals surface area (Å²) in [6, 6.07) is 16.2. The molecule has 0 aliphatic carbocycles. The number of nitrogens with zero attached hydrogens (tertiary/aromatic N) is 3. The average molecular weight is 385 g/mol. The Kier molecular flexibility index (Phi) is 4.90. The zero-order valence-electron chi connectivity index (χ0n) is 14.5. The van der Waals surface area contributed by atoms with Crippen LogP contribution in [0.15, 0.2) is 48.5 Å². The van der Waals surface area contributed by atoms with E-state index in [1.54, 1.807) is 18.6 Å². The molecule has 26 heavy (non-hydrogen) atoms. The van der Waals surface area contributed by atoms with Crippen molar-refractivity contribution in [1.29, 1.82) is 0 Å². The van der Waals surface area contributed by atoms with Crippen molar-refractivity contribution in [3.8, 4) is 5.75 Å². The van der Waals surface area contributed by atoms with Crippen LogP contribution in [0.1, 0.15) is 0 Å². The lowest BCUT2D eigenvalue weighted by Crippen LogP contribution is -2.50. The number of anilines is 2. The van der Waals surface area contributed by atoms with Gasteiger partial charge in [0.25, 0.3) is 0 Å². The number of thiocarbonyl (C=S) groups is 1. The lowest BCUT2D eigenvalue weighted by Gasteiger charge is -2.36. The number of ether oxygens (including phenoxy) is 1. The number of aromatic nitrogens is 1. The molecule has 0 unspecified atom stereocenters. The maximum atomic E-state index is 5.61. The molecule has 1 N–H and O–H groups in total.